The Morgan fingerprint density at radius 3 is 2.20 bits per heavy atom. The summed E-state index contributed by atoms with van der Waals surface area (Å²) < 4.78 is 34.1. The molecular weight excluding hydrogens is 145 g/mol. The van der Waals surface area contributed by atoms with E-state index in [4.69, 9.17) is 0 Å². The Balaban J connectivity index is 3.28. The van der Waals surface area contributed by atoms with Crippen LogP contribution in [0.4, 0.5) is 13.2 Å². The van der Waals surface area contributed by atoms with E-state index in [1.807, 2.05) is 0 Å². The molecule has 10 heavy (non-hydrogen) atoms. The lowest BCUT2D eigenvalue weighted by molar-refractivity contribution is -0.132. The van der Waals surface area contributed by atoms with E-state index in [2.05, 4.69) is 10.2 Å². The van der Waals surface area contributed by atoms with Crippen molar-refractivity contribution in [3.63, 3.8) is 0 Å². The van der Waals surface area contributed by atoms with Crippen LogP contribution in [0.25, 0.3) is 0 Å². The lowest BCUT2D eigenvalue weighted by atomic mass is 10.4. The van der Waals surface area contributed by atoms with Gasteiger partial charge >= 0.3 is 6.18 Å². The molecule has 0 rings (SSSR count). The molecular formula is C5H9F3N2. The van der Waals surface area contributed by atoms with Crippen molar-refractivity contribution >= 4 is 0 Å². The maximum atomic E-state index is 11.4. The van der Waals surface area contributed by atoms with E-state index in [-0.39, 0.29) is 6.54 Å². The topological polar surface area (TPSA) is 24.7 Å². The van der Waals surface area contributed by atoms with Crippen molar-refractivity contribution in [2.24, 2.45) is 10.2 Å². The molecule has 5 heteroatoms. The fourth-order valence-electron chi connectivity index (χ4n) is 0.347. The fourth-order valence-corrected chi connectivity index (χ4v) is 0.347. The highest BCUT2D eigenvalue weighted by Gasteiger charge is 2.25. The number of halogens is 3. The Hall–Kier alpha value is -0.610. The van der Waals surface area contributed by atoms with Crippen LogP contribution in [0.5, 0.6) is 0 Å². The van der Waals surface area contributed by atoms with Gasteiger partial charge in [-0.25, -0.2) is 0 Å². The first-order valence-electron chi connectivity index (χ1n) is 2.96. The number of hydrogen-bond acceptors (Lipinski definition) is 2. The molecule has 0 amide bonds. The minimum Gasteiger partial charge on any atom is -0.195 e. The lowest BCUT2D eigenvalue weighted by Gasteiger charge is -2.00. The molecule has 0 saturated carbocycles. The van der Waals surface area contributed by atoms with E-state index in [1.54, 1.807) is 6.92 Å². The Kier molecular flexibility index (Phi) is 3.99. The van der Waals surface area contributed by atoms with Crippen LogP contribution < -0.4 is 0 Å². The minimum absolute atomic E-state index is 0.253. The van der Waals surface area contributed by atoms with Gasteiger partial charge in [0.15, 0.2) is 0 Å². The van der Waals surface area contributed by atoms with Crippen LogP contribution in [-0.4, -0.2) is 19.3 Å². The average Bonchev–Trinajstić information content (AvgIpc) is 1.78. The molecule has 0 unspecified atom stereocenters. The van der Waals surface area contributed by atoms with Crippen LogP contribution in [0.15, 0.2) is 10.2 Å². The Morgan fingerprint density at radius 2 is 1.80 bits per heavy atom. The first kappa shape index (κ1) is 9.39. The van der Waals surface area contributed by atoms with Crippen molar-refractivity contribution in [2.45, 2.75) is 19.5 Å². The molecule has 0 aliphatic carbocycles. The van der Waals surface area contributed by atoms with Gasteiger partial charge in [0.2, 0.25) is 0 Å². The summed E-state index contributed by atoms with van der Waals surface area (Å²) in [5, 5.41) is 6.68. The summed E-state index contributed by atoms with van der Waals surface area (Å²) in [7, 11) is 0. The number of rotatable bonds is 3. The highest BCUT2D eigenvalue weighted by Crippen LogP contribution is 2.18. The largest absolute Gasteiger partial charge is 0.390 e. The Morgan fingerprint density at radius 1 is 1.20 bits per heavy atom. The summed E-state index contributed by atoms with van der Waals surface area (Å²) in [6.07, 6.45) is -4.98. The van der Waals surface area contributed by atoms with Crippen LogP contribution in [0.2, 0.25) is 0 Å². The summed E-state index contributed by atoms with van der Waals surface area (Å²) >= 11 is 0. The summed E-state index contributed by atoms with van der Waals surface area (Å²) in [5.74, 6) is 0. The standard InChI is InChI=1S/C5H9F3N2/c1-2-9-10-4-3-5(6,7)8/h2-4H2,1H3/b10-9-. The predicted octanol–water partition coefficient (Wildman–Crippen LogP) is 2.41. The normalized spacial score (nSPS) is 12.8. The summed E-state index contributed by atoms with van der Waals surface area (Å²) in [4.78, 5) is 0. The van der Waals surface area contributed by atoms with E-state index in [1.165, 1.54) is 0 Å². The number of nitrogens with zero attached hydrogens (tertiary/aromatic N) is 2. The first-order valence-corrected chi connectivity index (χ1v) is 2.96. The van der Waals surface area contributed by atoms with Gasteiger partial charge in [0.1, 0.15) is 0 Å². The molecule has 0 aromatic heterocycles. The SMILES string of the molecule is CC/N=N\CCC(F)(F)F. The van der Waals surface area contributed by atoms with Crippen molar-refractivity contribution in [1.82, 2.24) is 0 Å². The van der Waals surface area contributed by atoms with Crippen LogP contribution in [0, 0.1) is 0 Å². The van der Waals surface area contributed by atoms with E-state index in [0.717, 1.165) is 0 Å². The molecule has 0 aliphatic rings. The van der Waals surface area contributed by atoms with Crippen LogP contribution in [0.3, 0.4) is 0 Å². The molecule has 0 aromatic carbocycles. The number of azo groups is 1. The van der Waals surface area contributed by atoms with Crippen molar-refractivity contribution in [3.8, 4) is 0 Å². The van der Waals surface area contributed by atoms with Gasteiger partial charge in [0.05, 0.1) is 19.5 Å². The van der Waals surface area contributed by atoms with Gasteiger partial charge in [0, 0.05) is 0 Å². The zero-order valence-electron chi connectivity index (χ0n) is 5.65. The molecule has 0 saturated heterocycles. The smallest absolute Gasteiger partial charge is 0.195 e. The second-order valence-corrected chi connectivity index (χ2v) is 1.69. The summed E-state index contributed by atoms with van der Waals surface area (Å²) in [6.45, 7) is 1.91. The maximum absolute atomic E-state index is 11.4. The van der Waals surface area contributed by atoms with Crippen molar-refractivity contribution < 1.29 is 13.2 Å². The highest BCUT2D eigenvalue weighted by molar-refractivity contribution is 4.50. The van der Waals surface area contributed by atoms with Gasteiger partial charge in [-0.2, -0.15) is 23.4 Å². The van der Waals surface area contributed by atoms with Crippen molar-refractivity contribution in [1.29, 1.82) is 0 Å². The van der Waals surface area contributed by atoms with E-state index < -0.39 is 12.6 Å². The molecule has 0 N–H and O–H groups in total. The minimum atomic E-state index is -4.10. The monoisotopic (exact) mass is 154 g/mol. The maximum Gasteiger partial charge on any atom is 0.390 e. The van der Waals surface area contributed by atoms with Gasteiger partial charge in [-0.3, -0.25) is 0 Å². The molecule has 0 spiro atoms. The molecule has 0 bridgehead atoms. The summed E-state index contributed by atoms with van der Waals surface area (Å²) in [6, 6.07) is 0. The average molecular weight is 154 g/mol. The third-order valence-electron chi connectivity index (χ3n) is 0.737. The van der Waals surface area contributed by atoms with Crippen molar-refractivity contribution in [3.05, 3.63) is 0 Å². The predicted molar refractivity (Wildman–Crippen MR) is 30.9 cm³/mol. The second-order valence-electron chi connectivity index (χ2n) is 1.69. The molecule has 2 nitrogen and oxygen atoms in total. The van der Waals surface area contributed by atoms with E-state index in [0.29, 0.717) is 6.54 Å². The van der Waals surface area contributed by atoms with E-state index in [9.17, 15) is 13.2 Å². The summed E-state index contributed by atoms with van der Waals surface area (Å²) in [5.41, 5.74) is 0. The highest BCUT2D eigenvalue weighted by atomic mass is 19.4. The van der Waals surface area contributed by atoms with Gasteiger partial charge in [0.25, 0.3) is 0 Å². The van der Waals surface area contributed by atoms with Crippen LogP contribution >= 0.6 is 0 Å². The van der Waals surface area contributed by atoms with Gasteiger partial charge in [-0.05, 0) is 6.92 Å². The second kappa shape index (κ2) is 4.24. The molecule has 0 radical (unpaired) electrons. The lowest BCUT2D eigenvalue weighted by Crippen LogP contribution is -2.08. The van der Waals surface area contributed by atoms with E-state index >= 15 is 0 Å². The zero-order chi connectivity index (χ0) is 8.04. The zero-order valence-corrected chi connectivity index (χ0v) is 5.65. The third-order valence-corrected chi connectivity index (χ3v) is 0.737. The molecule has 0 aromatic rings. The number of alkyl halides is 3. The molecule has 60 valence electrons. The fraction of sp³-hybridized carbons (Fsp3) is 1.00. The van der Waals surface area contributed by atoms with Crippen LogP contribution in [0.1, 0.15) is 13.3 Å². The molecule has 0 aliphatic heterocycles. The van der Waals surface area contributed by atoms with Gasteiger partial charge in [-0.15, -0.1) is 0 Å². The number of hydrogen-bond donors (Lipinski definition) is 0. The first-order chi connectivity index (χ1) is 4.56. The van der Waals surface area contributed by atoms with Gasteiger partial charge in [-0.1, -0.05) is 0 Å². The molecule has 0 heterocycles. The quantitative estimate of drug-likeness (QED) is 0.557. The Labute approximate surface area is 57.1 Å². The Bertz CT molecular complexity index is 108. The van der Waals surface area contributed by atoms with Gasteiger partial charge < -0.3 is 0 Å². The van der Waals surface area contributed by atoms with Crippen LogP contribution in [-0.2, 0) is 0 Å². The van der Waals surface area contributed by atoms with Crippen molar-refractivity contribution in [2.75, 3.05) is 13.1 Å². The molecule has 0 atom stereocenters. The molecule has 0 fully saturated rings. The third kappa shape index (κ3) is 7.39.